The predicted molar refractivity (Wildman–Crippen MR) is 99.2 cm³/mol. The standard InChI is InChI=1S/C11H11N.C11H14/c1-8-4-3-5-10-7-6-9(2)12-11(8)10;1-8-6-7-9(2)11-5-3-4-10(8)11/h3-7H,1-2H3;6-7H,3-5H2,1-2H3. The van der Waals surface area contributed by atoms with Crippen LogP contribution >= 0.6 is 0 Å². The van der Waals surface area contributed by atoms with E-state index in [1.165, 1.54) is 41.3 Å². The highest BCUT2D eigenvalue weighted by atomic mass is 14.7. The van der Waals surface area contributed by atoms with Crippen molar-refractivity contribution in [3.8, 4) is 0 Å². The van der Waals surface area contributed by atoms with Crippen LogP contribution in [0.1, 0.15) is 39.9 Å². The summed E-state index contributed by atoms with van der Waals surface area (Å²) in [6.45, 7) is 8.56. The Hall–Kier alpha value is -2.15. The summed E-state index contributed by atoms with van der Waals surface area (Å²) < 4.78 is 0. The largest absolute Gasteiger partial charge is 0.253 e. The summed E-state index contributed by atoms with van der Waals surface area (Å²) in [5.74, 6) is 0. The normalized spacial score (nSPS) is 12.7. The number of para-hydroxylation sites is 1. The van der Waals surface area contributed by atoms with Crippen molar-refractivity contribution < 1.29 is 0 Å². The monoisotopic (exact) mass is 303 g/mol. The molecule has 0 bridgehead atoms. The summed E-state index contributed by atoms with van der Waals surface area (Å²) in [4.78, 5) is 4.48. The molecule has 1 aliphatic rings. The van der Waals surface area contributed by atoms with E-state index in [1.807, 2.05) is 13.0 Å². The SMILES string of the molecule is Cc1ccc(C)c2c1CCC2.Cc1ccc2cccc(C)c2n1. The van der Waals surface area contributed by atoms with E-state index in [0.29, 0.717) is 0 Å². The van der Waals surface area contributed by atoms with Crippen LogP contribution in [0.25, 0.3) is 10.9 Å². The highest BCUT2D eigenvalue weighted by Crippen LogP contribution is 2.27. The maximum absolute atomic E-state index is 4.48. The van der Waals surface area contributed by atoms with Gasteiger partial charge in [0.1, 0.15) is 0 Å². The van der Waals surface area contributed by atoms with Crippen molar-refractivity contribution >= 4 is 10.9 Å². The van der Waals surface area contributed by atoms with Gasteiger partial charge in [-0.2, -0.15) is 0 Å². The van der Waals surface area contributed by atoms with Crippen LogP contribution in [-0.2, 0) is 12.8 Å². The molecule has 23 heavy (non-hydrogen) atoms. The fraction of sp³-hybridized carbons (Fsp3) is 0.318. The van der Waals surface area contributed by atoms with Gasteiger partial charge in [-0.25, -0.2) is 0 Å². The zero-order chi connectivity index (χ0) is 16.4. The number of rotatable bonds is 0. The first kappa shape index (κ1) is 15.7. The third-order valence-corrected chi connectivity index (χ3v) is 4.81. The van der Waals surface area contributed by atoms with Crippen molar-refractivity contribution in [2.24, 2.45) is 0 Å². The second kappa shape index (κ2) is 6.54. The number of nitrogens with zero attached hydrogens (tertiary/aromatic N) is 1. The number of hydrogen-bond acceptors (Lipinski definition) is 1. The van der Waals surface area contributed by atoms with Crippen LogP contribution in [0.5, 0.6) is 0 Å². The Morgan fingerprint density at radius 1 is 0.696 bits per heavy atom. The average Bonchev–Trinajstić information content (AvgIpc) is 3.04. The first-order chi connectivity index (χ1) is 11.1. The van der Waals surface area contributed by atoms with Gasteiger partial charge >= 0.3 is 0 Å². The maximum Gasteiger partial charge on any atom is 0.0734 e. The average molecular weight is 303 g/mol. The fourth-order valence-electron chi connectivity index (χ4n) is 3.46. The maximum atomic E-state index is 4.48. The van der Waals surface area contributed by atoms with Gasteiger partial charge in [-0.15, -0.1) is 0 Å². The van der Waals surface area contributed by atoms with E-state index in [0.717, 1.165) is 11.2 Å². The minimum atomic E-state index is 1.08. The molecular weight excluding hydrogens is 278 g/mol. The van der Waals surface area contributed by atoms with Crippen LogP contribution in [0.15, 0.2) is 42.5 Å². The summed E-state index contributed by atoms with van der Waals surface area (Å²) in [6.07, 6.45) is 3.98. The molecule has 0 atom stereocenters. The number of aromatic nitrogens is 1. The minimum Gasteiger partial charge on any atom is -0.253 e. The van der Waals surface area contributed by atoms with Crippen LogP contribution in [-0.4, -0.2) is 4.98 Å². The van der Waals surface area contributed by atoms with E-state index in [2.05, 4.69) is 62.2 Å². The van der Waals surface area contributed by atoms with Gasteiger partial charge in [0.05, 0.1) is 5.52 Å². The molecule has 1 nitrogen and oxygen atoms in total. The molecule has 118 valence electrons. The predicted octanol–water partition coefficient (Wildman–Crippen LogP) is 5.64. The van der Waals surface area contributed by atoms with Crippen LogP contribution in [0.2, 0.25) is 0 Å². The van der Waals surface area contributed by atoms with Gasteiger partial charge in [0.15, 0.2) is 0 Å². The Morgan fingerprint density at radius 3 is 2.00 bits per heavy atom. The molecule has 4 rings (SSSR count). The first-order valence-corrected chi connectivity index (χ1v) is 8.47. The Balaban J connectivity index is 0.000000136. The summed E-state index contributed by atoms with van der Waals surface area (Å²) in [6, 6.07) is 14.9. The van der Waals surface area contributed by atoms with E-state index in [9.17, 15) is 0 Å². The molecule has 0 saturated carbocycles. The minimum absolute atomic E-state index is 1.08. The number of benzene rings is 2. The van der Waals surface area contributed by atoms with Crippen LogP contribution in [0, 0.1) is 27.7 Å². The second-order valence-electron chi connectivity index (χ2n) is 6.61. The molecule has 0 N–H and O–H groups in total. The Morgan fingerprint density at radius 2 is 1.35 bits per heavy atom. The molecule has 0 fully saturated rings. The lowest BCUT2D eigenvalue weighted by Gasteiger charge is -2.05. The molecule has 0 unspecified atom stereocenters. The molecule has 1 aromatic heterocycles. The summed E-state index contributed by atoms with van der Waals surface area (Å²) in [7, 11) is 0. The van der Waals surface area contributed by atoms with Crippen molar-refractivity contribution in [3.63, 3.8) is 0 Å². The Labute approximate surface area is 139 Å². The second-order valence-corrected chi connectivity index (χ2v) is 6.61. The van der Waals surface area contributed by atoms with Gasteiger partial charge in [-0.3, -0.25) is 4.98 Å². The van der Waals surface area contributed by atoms with E-state index in [-0.39, 0.29) is 0 Å². The third kappa shape index (κ3) is 3.29. The fourth-order valence-corrected chi connectivity index (χ4v) is 3.46. The van der Waals surface area contributed by atoms with Crippen LogP contribution in [0.3, 0.4) is 0 Å². The quantitative estimate of drug-likeness (QED) is 0.523. The van der Waals surface area contributed by atoms with E-state index in [1.54, 1.807) is 11.1 Å². The molecule has 0 amide bonds. The van der Waals surface area contributed by atoms with E-state index < -0.39 is 0 Å². The number of fused-ring (bicyclic) bond motifs is 2. The lowest BCUT2D eigenvalue weighted by Crippen LogP contribution is -1.90. The van der Waals surface area contributed by atoms with Crippen molar-refractivity contribution in [2.75, 3.05) is 0 Å². The summed E-state index contributed by atoms with van der Waals surface area (Å²) in [5.41, 5.74) is 9.69. The van der Waals surface area contributed by atoms with E-state index in [4.69, 9.17) is 0 Å². The molecule has 0 saturated heterocycles. The summed E-state index contributed by atoms with van der Waals surface area (Å²) in [5, 5.41) is 1.22. The van der Waals surface area contributed by atoms with Gasteiger partial charge in [0, 0.05) is 11.1 Å². The van der Waals surface area contributed by atoms with Crippen LogP contribution < -0.4 is 0 Å². The summed E-state index contributed by atoms with van der Waals surface area (Å²) >= 11 is 0. The van der Waals surface area contributed by atoms with Crippen LogP contribution in [0.4, 0.5) is 0 Å². The highest BCUT2D eigenvalue weighted by Gasteiger charge is 2.13. The van der Waals surface area contributed by atoms with Gasteiger partial charge in [0.2, 0.25) is 0 Å². The van der Waals surface area contributed by atoms with Crippen molar-refractivity contribution in [1.82, 2.24) is 4.98 Å². The smallest absolute Gasteiger partial charge is 0.0734 e. The Bertz CT molecular complexity index is 817. The van der Waals surface area contributed by atoms with Gasteiger partial charge in [-0.1, -0.05) is 36.4 Å². The Kier molecular flexibility index (Phi) is 4.47. The van der Waals surface area contributed by atoms with Gasteiger partial charge in [-0.05, 0) is 80.8 Å². The molecule has 0 spiro atoms. The highest BCUT2D eigenvalue weighted by molar-refractivity contribution is 5.81. The molecular formula is C22H25N. The van der Waals surface area contributed by atoms with Gasteiger partial charge in [0.25, 0.3) is 0 Å². The number of pyridine rings is 1. The number of aryl methyl sites for hydroxylation is 4. The van der Waals surface area contributed by atoms with Crippen molar-refractivity contribution in [1.29, 1.82) is 0 Å². The first-order valence-electron chi connectivity index (χ1n) is 8.47. The topological polar surface area (TPSA) is 12.9 Å². The molecule has 3 aromatic rings. The lowest BCUT2D eigenvalue weighted by molar-refractivity contribution is 0.907. The zero-order valence-electron chi connectivity index (χ0n) is 14.6. The number of hydrogen-bond donors (Lipinski definition) is 0. The molecule has 2 aromatic carbocycles. The molecule has 1 aliphatic carbocycles. The third-order valence-electron chi connectivity index (χ3n) is 4.81. The van der Waals surface area contributed by atoms with Crippen molar-refractivity contribution in [2.45, 2.75) is 47.0 Å². The van der Waals surface area contributed by atoms with Crippen molar-refractivity contribution in [3.05, 3.63) is 76.0 Å². The molecule has 1 heterocycles. The van der Waals surface area contributed by atoms with E-state index >= 15 is 0 Å². The van der Waals surface area contributed by atoms with Gasteiger partial charge < -0.3 is 0 Å². The molecule has 1 heteroatoms. The molecule has 0 radical (unpaired) electrons. The lowest BCUT2D eigenvalue weighted by atomic mass is 10.0. The zero-order valence-corrected chi connectivity index (χ0v) is 14.6. The molecule has 0 aliphatic heterocycles.